The lowest BCUT2D eigenvalue weighted by Gasteiger charge is -2.29. The van der Waals surface area contributed by atoms with Crippen molar-refractivity contribution in [3.05, 3.63) is 84.9 Å². The minimum Gasteiger partial charge on any atom is -0.486 e. The molecular weight excluding hydrogens is 554 g/mol. The second-order valence-electron chi connectivity index (χ2n) is 9.21. The first-order valence-corrected chi connectivity index (χ1v) is 15.7. The molecule has 2 N–H and O–H groups in total. The third kappa shape index (κ3) is 5.68. The minimum absolute atomic E-state index is 0.000484. The van der Waals surface area contributed by atoms with E-state index in [-0.39, 0.29) is 10.6 Å². The maximum absolute atomic E-state index is 13.1. The molecular formula is C28H27N3O7S2. The number of rotatable bonds is 8. The summed E-state index contributed by atoms with van der Waals surface area (Å²) in [6.07, 6.45) is 1.01. The number of amides is 1. The maximum atomic E-state index is 13.1. The Morgan fingerprint density at radius 3 is 2.25 bits per heavy atom. The van der Waals surface area contributed by atoms with Gasteiger partial charge in [-0.2, -0.15) is 0 Å². The van der Waals surface area contributed by atoms with Crippen LogP contribution >= 0.6 is 0 Å². The van der Waals surface area contributed by atoms with Gasteiger partial charge in [-0.15, -0.1) is 0 Å². The Morgan fingerprint density at radius 2 is 1.52 bits per heavy atom. The van der Waals surface area contributed by atoms with Crippen molar-refractivity contribution in [2.45, 2.75) is 17.9 Å². The van der Waals surface area contributed by atoms with E-state index in [1.54, 1.807) is 24.3 Å². The molecule has 1 heterocycles. The van der Waals surface area contributed by atoms with Crippen LogP contribution in [0.5, 0.6) is 11.5 Å². The summed E-state index contributed by atoms with van der Waals surface area (Å²) in [4.78, 5) is 13.1. The molecule has 1 amide bonds. The van der Waals surface area contributed by atoms with E-state index in [9.17, 15) is 21.6 Å². The average Bonchev–Trinajstić information content (AvgIpc) is 2.92. The molecule has 0 saturated heterocycles. The predicted octanol–water partition coefficient (Wildman–Crippen LogP) is 4.21. The molecule has 4 aromatic carbocycles. The molecule has 0 bridgehead atoms. The zero-order valence-electron chi connectivity index (χ0n) is 21.7. The quantitative estimate of drug-likeness (QED) is 0.319. The predicted molar refractivity (Wildman–Crippen MR) is 154 cm³/mol. The lowest BCUT2D eigenvalue weighted by molar-refractivity contribution is -0.116. The highest BCUT2D eigenvalue weighted by Crippen LogP contribution is 2.35. The minimum atomic E-state index is -3.92. The Labute approximate surface area is 232 Å². The third-order valence-corrected chi connectivity index (χ3v) is 8.96. The molecule has 5 rings (SSSR count). The van der Waals surface area contributed by atoms with Crippen molar-refractivity contribution in [2.75, 3.05) is 33.8 Å². The number of fused-ring (bicyclic) bond motifs is 2. The lowest BCUT2D eigenvalue weighted by Crippen LogP contribution is -2.45. The Balaban J connectivity index is 1.32. The maximum Gasteiger partial charge on any atom is 0.261 e. The summed E-state index contributed by atoms with van der Waals surface area (Å²) in [6, 6.07) is 21.9. The summed E-state index contributed by atoms with van der Waals surface area (Å²) in [5.74, 6) is 0.272. The van der Waals surface area contributed by atoms with Crippen LogP contribution in [-0.4, -0.2) is 48.3 Å². The molecule has 0 aliphatic carbocycles. The number of sulfonamides is 2. The fourth-order valence-corrected chi connectivity index (χ4v) is 6.71. The van der Waals surface area contributed by atoms with Gasteiger partial charge in [0.2, 0.25) is 15.9 Å². The topological polar surface area (TPSA) is 131 Å². The van der Waals surface area contributed by atoms with Crippen LogP contribution in [0.15, 0.2) is 89.8 Å². The molecule has 0 saturated carbocycles. The third-order valence-electron chi connectivity index (χ3n) is 6.33. The van der Waals surface area contributed by atoms with Crippen LogP contribution in [0.2, 0.25) is 0 Å². The van der Waals surface area contributed by atoms with Crippen LogP contribution in [0.3, 0.4) is 0 Å². The van der Waals surface area contributed by atoms with Crippen LogP contribution in [0.25, 0.3) is 10.8 Å². The van der Waals surface area contributed by atoms with Gasteiger partial charge in [-0.25, -0.2) is 16.8 Å². The number of hydrogen-bond acceptors (Lipinski definition) is 7. The van der Waals surface area contributed by atoms with Crippen LogP contribution in [0.4, 0.5) is 17.1 Å². The molecule has 1 atom stereocenters. The summed E-state index contributed by atoms with van der Waals surface area (Å²) in [5.41, 5.74) is 0.997. The van der Waals surface area contributed by atoms with Gasteiger partial charge in [-0.3, -0.25) is 13.8 Å². The molecule has 0 fully saturated rings. The van der Waals surface area contributed by atoms with Crippen LogP contribution in [-0.2, 0) is 24.8 Å². The van der Waals surface area contributed by atoms with E-state index in [1.807, 2.05) is 30.3 Å². The van der Waals surface area contributed by atoms with E-state index in [0.717, 1.165) is 21.3 Å². The van der Waals surface area contributed by atoms with Gasteiger partial charge >= 0.3 is 0 Å². The first kappa shape index (κ1) is 27.3. The van der Waals surface area contributed by atoms with Crippen LogP contribution in [0, 0.1) is 0 Å². The summed E-state index contributed by atoms with van der Waals surface area (Å²) < 4.78 is 66.1. The number of anilines is 3. The summed E-state index contributed by atoms with van der Waals surface area (Å²) in [5, 5.41) is 4.32. The molecule has 4 aromatic rings. The molecule has 40 heavy (non-hydrogen) atoms. The number of carbonyl (C=O) groups is 1. The van der Waals surface area contributed by atoms with Gasteiger partial charge in [0.1, 0.15) is 19.3 Å². The number of carbonyl (C=O) groups excluding carboxylic acids is 1. The smallest absolute Gasteiger partial charge is 0.261 e. The molecule has 208 valence electrons. The molecule has 0 radical (unpaired) electrons. The molecule has 0 unspecified atom stereocenters. The van der Waals surface area contributed by atoms with Crippen molar-refractivity contribution in [3.63, 3.8) is 0 Å². The molecule has 10 nitrogen and oxygen atoms in total. The first-order valence-electron chi connectivity index (χ1n) is 12.3. The van der Waals surface area contributed by atoms with Crippen molar-refractivity contribution in [1.82, 2.24) is 0 Å². The molecule has 0 aromatic heterocycles. The van der Waals surface area contributed by atoms with E-state index in [4.69, 9.17) is 9.47 Å². The average molecular weight is 582 g/mol. The van der Waals surface area contributed by atoms with Gasteiger partial charge in [-0.1, -0.05) is 36.4 Å². The van der Waals surface area contributed by atoms with E-state index < -0.39 is 32.0 Å². The number of hydrogen-bond donors (Lipinski definition) is 2. The van der Waals surface area contributed by atoms with E-state index in [1.165, 1.54) is 37.3 Å². The van der Waals surface area contributed by atoms with Crippen molar-refractivity contribution in [1.29, 1.82) is 0 Å². The summed E-state index contributed by atoms with van der Waals surface area (Å²) in [7, 11) is -7.78. The highest BCUT2D eigenvalue weighted by molar-refractivity contribution is 7.92. The van der Waals surface area contributed by atoms with E-state index in [0.29, 0.717) is 36.1 Å². The first-order chi connectivity index (χ1) is 19.0. The van der Waals surface area contributed by atoms with Crippen LogP contribution < -0.4 is 23.8 Å². The number of ether oxygens (including phenoxy) is 2. The number of nitrogens with zero attached hydrogens (tertiary/aromatic N) is 1. The van der Waals surface area contributed by atoms with Crippen molar-refractivity contribution in [2.24, 2.45) is 0 Å². The van der Waals surface area contributed by atoms with E-state index in [2.05, 4.69) is 10.0 Å². The Morgan fingerprint density at radius 1 is 0.850 bits per heavy atom. The molecule has 12 heteroatoms. The van der Waals surface area contributed by atoms with Crippen molar-refractivity contribution < 1.29 is 31.1 Å². The normalized spacial score (nSPS) is 13.8. The van der Waals surface area contributed by atoms with Gasteiger partial charge in [0.05, 0.1) is 22.5 Å². The lowest BCUT2D eigenvalue weighted by atomic mass is 10.1. The summed E-state index contributed by atoms with van der Waals surface area (Å²) >= 11 is 0. The second-order valence-corrected chi connectivity index (χ2v) is 12.8. The fourth-order valence-electron chi connectivity index (χ4n) is 4.46. The monoisotopic (exact) mass is 581 g/mol. The summed E-state index contributed by atoms with van der Waals surface area (Å²) in [6.45, 7) is 2.18. The zero-order valence-corrected chi connectivity index (χ0v) is 23.3. The van der Waals surface area contributed by atoms with Crippen molar-refractivity contribution >= 4 is 53.8 Å². The molecule has 0 spiro atoms. The van der Waals surface area contributed by atoms with Gasteiger partial charge < -0.3 is 14.8 Å². The Kier molecular flexibility index (Phi) is 7.30. The fraction of sp³-hybridized carbons (Fsp3) is 0.179. The SMILES string of the molecule is C[C@H](C(=O)Nc1ccc(S(=O)(=O)Nc2cccc3ccccc23)cc1)N(c1ccc2c(c1)OCCO2)S(C)(=O)=O. The molecule has 1 aliphatic rings. The van der Waals surface area contributed by atoms with Gasteiger partial charge in [0.25, 0.3) is 10.0 Å². The Hall–Kier alpha value is -4.29. The number of nitrogens with one attached hydrogen (secondary N) is 2. The van der Waals surface area contributed by atoms with Gasteiger partial charge in [0.15, 0.2) is 11.5 Å². The van der Waals surface area contributed by atoms with E-state index >= 15 is 0 Å². The zero-order chi connectivity index (χ0) is 28.5. The molecule has 1 aliphatic heterocycles. The Bertz CT molecular complexity index is 1790. The second kappa shape index (κ2) is 10.7. The standard InChI is InChI=1S/C28H27N3O7S2/c1-19(31(39(2,33)34)22-12-15-26-27(18-22)38-17-16-37-26)28(32)29-21-10-13-23(14-11-21)40(35,36)30-25-9-5-7-20-6-3-4-8-24(20)25/h3-15,18-19,30H,16-17H2,1-2H3,(H,29,32)/t19-/m1/s1. The van der Waals surface area contributed by atoms with Crippen molar-refractivity contribution in [3.8, 4) is 11.5 Å². The van der Waals surface area contributed by atoms with Gasteiger partial charge in [-0.05, 0) is 54.8 Å². The largest absolute Gasteiger partial charge is 0.486 e. The van der Waals surface area contributed by atoms with Gasteiger partial charge in [0, 0.05) is 17.1 Å². The highest BCUT2D eigenvalue weighted by atomic mass is 32.2. The highest BCUT2D eigenvalue weighted by Gasteiger charge is 2.30. The van der Waals surface area contributed by atoms with Crippen LogP contribution in [0.1, 0.15) is 6.92 Å². The number of benzene rings is 4.